The zero-order chi connectivity index (χ0) is 26.2. The van der Waals surface area contributed by atoms with Gasteiger partial charge in [0, 0.05) is 12.8 Å². The molecular formula is C30H36NO6-. The van der Waals surface area contributed by atoms with E-state index in [1.807, 2.05) is 18.2 Å². The molecule has 2 aromatic carbocycles. The minimum absolute atomic E-state index is 0.0267. The first kappa shape index (κ1) is 26.6. The molecule has 1 aromatic heterocycles. The van der Waals surface area contributed by atoms with Gasteiger partial charge in [-0.1, -0.05) is 23.8 Å². The summed E-state index contributed by atoms with van der Waals surface area (Å²) in [6.07, 6.45) is 9.04. The van der Waals surface area contributed by atoms with E-state index in [1.165, 1.54) is 7.11 Å². The number of aromatic hydroxyl groups is 2. The van der Waals surface area contributed by atoms with Gasteiger partial charge in [0.15, 0.2) is 23.0 Å². The molecule has 1 saturated carbocycles. The Labute approximate surface area is 218 Å². The Morgan fingerprint density at radius 3 is 2.35 bits per heavy atom. The van der Waals surface area contributed by atoms with Gasteiger partial charge in [-0.15, -0.1) is 0 Å². The van der Waals surface area contributed by atoms with E-state index in [2.05, 4.69) is 4.98 Å². The first-order valence-electron chi connectivity index (χ1n) is 13.0. The van der Waals surface area contributed by atoms with Crippen LogP contribution in [0.4, 0.5) is 0 Å². The molecule has 0 saturated heterocycles. The number of Topliss-reactive ketones (excluding diaryl/α,β-unsaturated/α-hetero) is 1. The second kappa shape index (κ2) is 12.7. The fourth-order valence-corrected chi connectivity index (χ4v) is 5.02. The highest BCUT2D eigenvalue weighted by Crippen LogP contribution is 2.33. The molecule has 198 valence electrons. The molecule has 37 heavy (non-hydrogen) atoms. The maximum absolute atomic E-state index is 12.8. The number of aromatic nitrogens is 1. The van der Waals surface area contributed by atoms with Crippen molar-refractivity contribution in [2.45, 2.75) is 70.0 Å². The molecule has 0 amide bonds. The minimum atomic E-state index is -0.829. The molecule has 0 spiro atoms. The molecule has 4 rings (SSSR count). The van der Waals surface area contributed by atoms with Crippen molar-refractivity contribution < 1.29 is 29.6 Å². The number of phenolic OH excluding ortho intramolecular Hbond substituents is 2. The van der Waals surface area contributed by atoms with Gasteiger partial charge in [-0.3, -0.25) is 4.79 Å². The van der Waals surface area contributed by atoms with E-state index in [-0.39, 0.29) is 42.1 Å². The lowest BCUT2D eigenvalue weighted by Crippen LogP contribution is -2.27. The van der Waals surface area contributed by atoms with Gasteiger partial charge in [0.1, 0.15) is 5.78 Å². The van der Waals surface area contributed by atoms with Crippen LogP contribution in [-0.4, -0.2) is 40.4 Å². The van der Waals surface area contributed by atoms with Crippen molar-refractivity contribution in [3.05, 3.63) is 71.5 Å². The molecule has 7 heteroatoms. The average Bonchev–Trinajstić information content (AvgIpc) is 3.59. The van der Waals surface area contributed by atoms with E-state index < -0.39 is 6.10 Å². The molecule has 7 nitrogen and oxygen atoms in total. The van der Waals surface area contributed by atoms with Crippen molar-refractivity contribution in [1.82, 2.24) is 4.98 Å². The zero-order valence-electron chi connectivity index (χ0n) is 21.3. The topological polar surface area (TPSA) is 110 Å². The summed E-state index contributed by atoms with van der Waals surface area (Å²) in [5, 5.41) is 31.2. The third kappa shape index (κ3) is 7.52. The molecule has 1 aliphatic rings. The van der Waals surface area contributed by atoms with Crippen LogP contribution in [0.3, 0.4) is 0 Å². The number of rotatable bonds is 13. The molecular weight excluding hydrogens is 470 g/mol. The average molecular weight is 507 g/mol. The lowest BCUT2D eigenvalue weighted by molar-refractivity contribution is -0.121. The van der Waals surface area contributed by atoms with Gasteiger partial charge in [-0.25, -0.2) is 0 Å². The van der Waals surface area contributed by atoms with Crippen LogP contribution in [0.1, 0.15) is 55.2 Å². The molecule has 0 unspecified atom stereocenters. The highest BCUT2D eigenvalue weighted by molar-refractivity contribution is 5.79. The molecule has 1 fully saturated rings. The number of aliphatic hydroxyl groups excluding tert-OH is 1. The fraction of sp³-hybridized carbons (Fsp3) is 0.433. The highest BCUT2D eigenvalue weighted by Gasteiger charge is 2.24. The number of ether oxygens (including phenoxy) is 2. The Bertz CT molecular complexity index is 1150. The van der Waals surface area contributed by atoms with Crippen LogP contribution in [0.5, 0.6) is 23.0 Å². The second-order valence-corrected chi connectivity index (χ2v) is 9.98. The third-order valence-corrected chi connectivity index (χ3v) is 7.15. The van der Waals surface area contributed by atoms with Gasteiger partial charge >= 0.3 is 0 Å². The summed E-state index contributed by atoms with van der Waals surface area (Å²) in [6.45, 7) is 0. The number of phenols is 2. The van der Waals surface area contributed by atoms with Crippen molar-refractivity contribution in [1.29, 1.82) is 0 Å². The maximum Gasteiger partial charge on any atom is 0.161 e. The number of aliphatic hydroxyl groups is 1. The summed E-state index contributed by atoms with van der Waals surface area (Å²) < 4.78 is 11.2. The summed E-state index contributed by atoms with van der Waals surface area (Å²) in [4.78, 5) is 16.9. The number of methoxy groups -OCH3 is 1. The van der Waals surface area contributed by atoms with E-state index in [9.17, 15) is 20.1 Å². The molecule has 0 radical (unpaired) electrons. The summed E-state index contributed by atoms with van der Waals surface area (Å²) in [6, 6.07) is 12.3. The predicted molar refractivity (Wildman–Crippen MR) is 140 cm³/mol. The number of carbonyl (C=O) groups excluding carboxylic acids is 1. The zero-order valence-corrected chi connectivity index (χ0v) is 21.3. The predicted octanol–water partition coefficient (Wildman–Crippen LogP) is 4.74. The van der Waals surface area contributed by atoms with Gasteiger partial charge in [0.2, 0.25) is 0 Å². The Kier molecular flexibility index (Phi) is 9.12. The van der Waals surface area contributed by atoms with E-state index in [4.69, 9.17) is 9.47 Å². The van der Waals surface area contributed by atoms with Crippen molar-refractivity contribution in [3.8, 4) is 23.0 Å². The van der Waals surface area contributed by atoms with Crippen LogP contribution in [0.2, 0.25) is 0 Å². The maximum atomic E-state index is 12.8. The Morgan fingerprint density at radius 1 is 0.973 bits per heavy atom. The number of hydrogen-bond acceptors (Lipinski definition) is 6. The van der Waals surface area contributed by atoms with E-state index in [0.717, 1.165) is 42.4 Å². The molecule has 0 aliphatic heterocycles. The number of benzene rings is 2. The summed E-state index contributed by atoms with van der Waals surface area (Å²) in [5.41, 5.74) is 2.84. The van der Waals surface area contributed by atoms with Gasteiger partial charge in [0.25, 0.3) is 0 Å². The third-order valence-electron chi connectivity index (χ3n) is 7.15. The van der Waals surface area contributed by atoms with Crippen LogP contribution in [0, 0.1) is 5.92 Å². The summed E-state index contributed by atoms with van der Waals surface area (Å²) in [5.74, 6) is 0.802. The lowest BCUT2D eigenvalue weighted by atomic mass is 9.86. The monoisotopic (exact) mass is 506 g/mol. The summed E-state index contributed by atoms with van der Waals surface area (Å²) in [7, 11) is 1.49. The molecule has 2 atom stereocenters. The van der Waals surface area contributed by atoms with Crippen LogP contribution in [-0.2, 0) is 24.1 Å². The first-order valence-corrected chi connectivity index (χ1v) is 13.0. The molecule has 1 aliphatic carbocycles. The summed E-state index contributed by atoms with van der Waals surface area (Å²) >= 11 is 0. The van der Waals surface area contributed by atoms with Gasteiger partial charge in [-0.2, -0.15) is 12.4 Å². The fourth-order valence-electron chi connectivity index (χ4n) is 5.02. The molecule has 0 bridgehead atoms. The highest BCUT2D eigenvalue weighted by atomic mass is 16.5. The number of aryl methyl sites for hydroxylation is 1. The Hall–Kier alpha value is -3.45. The number of hydrogen-bond donors (Lipinski definition) is 3. The van der Waals surface area contributed by atoms with Crippen LogP contribution >= 0.6 is 0 Å². The number of ketones is 1. The van der Waals surface area contributed by atoms with E-state index >= 15 is 0 Å². The van der Waals surface area contributed by atoms with E-state index in [1.54, 1.807) is 36.7 Å². The van der Waals surface area contributed by atoms with Crippen molar-refractivity contribution >= 4 is 5.78 Å². The largest absolute Gasteiger partial charge is 0.670 e. The van der Waals surface area contributed by atoms with Crippen molar-refractivity contribution in [2.75, 3.05) is 7.11 Å². The van der Waals surface area contributed by atoms with Gasteiger partial charge in [-0.05, 0) is 86.3 Å². The first-order chi connectivity index (χ1) is 17.9. The second-order valence-electron chi connectivity index (χ2n) is 9.98. The SMILES string of the molecule is COc1cc(CCC(=O)C[C@@H](O)[C@H](Cc2cc[n-]c2)Cc2ccc(O)c(OC3CCCC3)c2)ccc1O. The lowest BCUT2D eigenvalue weighted by Gasteiger charge is -2.24. The van der Waals surface area contributed by atoms with Crippen molar-refractivity contribution in [2.24, 2.45) is 5.92 Å². The standard InChI is InChI=1S/C30H36NO6/c1-36-29-16-20(7-10-26(29)33)6-9-24(32)18-28(35)23(15-22-12-13-31-19-22)14-21-8-11-27(34)30(17-21)37-25-4-2-3-5-25/h7-8,10-13,16-17,19,23,25,28,33-35H,2-6,9,14-15,18H2,1H3/q-1/t23-,28+/m0/s1. The van der Waals surface area contributed by atoms with Crippen molar-refractivity contribution in [3.63, 3.8) is 0 Å². The molecule has 3 aromatic rings. The van der Waals surface area contributed by atoms with Crippen LogP contribution in [0.25, 0.3) is 0 Å². The molecule has 3 N–H and O–H groups in total. The number of carbonyl (C=O) groups is 1. The Morgan fingerprint density at radius 2 is 1.65 bits per heavy atom. The van der Waals surface area contributed by atoms with Gasteiger partial charge < -0.3 is 29.8 Å². The van der Waals surface area contributed by atoms with Crippen LogP contribution in [0.15, 0.2) is 54.9 Å². The van der Waals surface area contributed by atoms with Crippen LogP contribution < -0.4 is 14.5 Å². The normalized spacial score (nSPS) is 15.4. The van der Waals surface area contributed by atoms with E-state index in [0.29, 0.717) is 30.8 Å². The minimum Gasteiger partial charge on any atom is -0.670 e. The van der Waals surface area contributed by atoms with Gasteiger partial charge in [0.05, 0.1) is 19.3 Å². The number of nitrogens with zero attached hydrogens (tertiary/aromatic N) is 1. The quantitative estimate of drug-likeness (QED) is 0.307. The smallest absolute Gasteiger partial charge is 0.161 e. The molecule has 1 heterocycles. The Balaban J connectivity index is 1.40.